The molecule has 0 radical (unpaired) electrons. The van der Waals surface area contributed by atoms with Gasteiger partial charge < -0.3 is 9.88 Å². The maximum absolute atomic E-state index is 12.3. The fourth-order valence-corrected chi connectivity index (χ4v) is 4.10. The predicted molar refractivity (Wildman–Crippen MR) is 85.9 cm³/mol. The van der Waals surface area contributed by atoms with Gasteiger partial charge in [0.15, 0.2) is 3.95 Å². The molecule has 1 aromatic rings. The zero-order chi connectivity index (χ0) is 14.7. The van der Waals surface area contributed by atoms with Crippen LogP contribution in [0.15, 0.2) is 0 Å². The summed E-state index contributed by atoms with van der Waals surface area (Å²) in [5, 5.41) is 0. The van der Waals surface area contributed by atoms with Crippen LogP contribution >= 0.6 is 23.6 Å². The van der Waals surface area contributed by atoms with Gasteiger partial charge in [-0.15, -0.1) is 11.3 Å². The number of H-pyrrole nitrogens is 1. The van der Waals surface area contributed by atoms with Crippen LogP contribution < -0.4 is 0 Å². The minimum Gasteiger partial charge on any atom is -0.344 e. The first kappa shape index (κ1) is 15.7. The van der Waals surface area contributed by atoms with Gasteiger partial charge in [0.05, 0.1) is 6.42 Å². The number of aromatic amines is 1. The molecule has 1 N–H and O–H groups in total. The molecule has 1 atom stereocenters. The molecule has 1 unspecified atom stereocenters. The van der Waals surface area contributed by atoms with Crippen molar-refractivity contribution in [1.82, 2.24) is 14.8 Å². The summed E-state index contributed by atoms with van der Waals surface area (Å²) in [5.74, 6) is 0.182. The molecule has 1 aliphatic heterocycles. The summed E-state index contributed by atoms with van der Waals surface area (Å²) in [6.07, 6.45) is 2.91. The fraction of sp³-hybridized carbons (Fsp3) is 0.714. The number of thiazole rings is 1. The molecule has 0 aliphatic carbocycles. The number of nitrogens with one attached hydrogen (secondary N) is 1. The third-order valence-corrected chi connectivity index (χ3v) is 5.39. The van der Waals surface area contributed by atoms with E-state index in [2.05, 4.69) is 16.8 Å². The van der Waals surface area contributed by atoms with Gasteiger partial charge in [-0.05, 0) is 45.1 Å². The Bertz CT molecular complexity index is 523. The van der Waals surface area contributed by atoms with Gasteiger partial charge in [-0.2, -0.15) is 0 Å². The number of aromatic nitrogens is 1. The van der Waals surface area contributed by atoms with Crippen molar-refractivity contribution in [1.29, 1.82) is 0 Å². The Balaban J connectivity index is 1.92. The predicted octanol–water partition coefficient (Wildman–Crippen LogP) is 2.60. The quantitative estimate of drug-likeness (QED) is 0.849. The molecule has 6 heteroatoms. The lowest BCUT2D eigenvalue weighted by Crippen LogP contribution is -2.41. The highest BCUT2D eigenvalue weighted by Gasteiger charge is 2.25. The van der Waals surface area contributed by atoms with Crippen LogP contribution in [0.1, 0.15) is 30.3 Å². The molecule has 0 aromatic carbocycles. The molecular weight excluding hydrogens is 290 g/mol. The normalized spacial score (nSPS) is 19.4. The Morgan fingerprint density at radius 2 is 2.35 bits per heavy atom. The molecule has 0 spiro atoms. The molecule has 0 saturated carbocycles. The van der Waals surface area contributed by atoms with Crippen LogP contribution in [0.4, 0.5) is 0 Å². The second-order valence-electron chi connectivity index (χ2n) is 5.44. The Morgan fingerprint density at radius 1 is 1.60 bits per heavy atom. The van der Waals surface area contributed by atoms with Crippen molar-refractivity contribution in [2.75, 3.05) is 26.7 Å². The van der Waals surface area contributed by atoms with Gasteiger partial charge in [0.2, 0.25) is 5.91 Å². The van der Waals surface area contributed by atoms with Crippen LogP contribution in [0, 0.1) is 10.9 Å². The zero-order valence-electron chi connectivity index (χ0n) is 12.4. The number of carbonyl (C=O) groups excluding carboxylic acids is 1. The van der Waals surface area contributed by atoms with Crippen molar-refractivity contribution in [3.63, 3.8) is 0 Å². The molecule has 1 fully saturated rings. The fourth-order valence-electron chi connectivity index (χ4n) is 2.81. The van der Waals surface area contributed by atoms with Gasteiger partial charge in [0, 0.05) is 30.2 Å². The summed E-state index contributed by atoms with van der Waals surface area (Å²) in [6, 6.07) is 0.527. The van der Waals surface area contributed by atoms with E-state index < -0.39 is 0 Å². The number of aryl methyl sites for hydroxylation is 1. The van der Waals surface area contributed by atoms with Crippen molar-refractivity contribution in [2.45, 2.75) is 39.2 Å². The van der Waals surface area contributed by atoms with Crippen LogP contribution in [0.5, 0.6) is 0 Å². The highest BCUT2D eigenvalue weighted by Crippen LogP contribution is 2.19. The van der Waals surface area contributed by atoms with E-state index in [1.54, 1.807) is 0 Å². The summed E-state index contributed by atoms with van der Waals surface area (Å²) in [4.78, 5) is 20.8. The molecule has 20 heavy (non-hydrogen) atoms. The van der Waals surface area contributed by atoms with Crippen molar-refractivity contribution in [3.8, 4) is 0 Å². The number of hydrogen-bond donors (Lipinski definition) is 1. The lowest BCUT2D eigenvalue weighted by atomic mass is 10.2. The summed E-state index contributed by atoms with van der Waals surface area (Å²) >= 11 is 6.63. The number of hydrogen-bond acceptors (Lipinski definition) is 4. The molecule has 2 heterocycles. The van der Waals surface area contributed by atoms with Crippen molar-refractivity contribution >= 4 is 29.5 Å². The highest BCUT2D eigenvalue weighted by molar-refractivity contribution is 7.73. The minimum atomic E-state index is 0.182. The monoisotopic (exact) mass is 313 g/mol. The number of carbonyl (C=O) groups is 1. The van der Waals surface area contributed by atoms with Crippen LogP contribution in [0.2, 0.25) is 0 Å². The third kappa shape index (κ3) is 3.68. The van der Waals surface area contributed by atoms with Crippen molar-refractivity contribution in [2.24, 2.45) is 0 Å². The standard InChI is InChI=1S/C14H23N3OS2/c1-4-17-7-5-6-11(17)9-16(3)13(18)8-12-10(2)15-14(19)20-12/h11H,4-9H2,1-3H3,(H,15,19). The largest absolute Gasteiger partial charge is 0.344 e. The van der Waals surface area contributed by atoms with E-state index in [0.29, 0.717) is 12.5 Å². The second-order valence-corrected chi connectivity index (χ2v) is 7.21. The van der Waals surface area contributed by atoms with Gasteiger partial charge in [0.1, 0.15) is 0 Å². The van der Waals surface area contributed by atoms with Crippen molar-refractivity contribution < 1.29 is 4.79 Å². The SMILES string of the molecule is CCN1CCCC1CN(C)C(=O)Cc1sc(=S)[nH]c1C. The number of likely N-dealkylation sites (tertiary alicyclic amines) is 1. The van der Waals surface area contributed by atoms with E-state index in [9.17, 15) is 4.79 Å². The minimum absolute atomic E-state index is 0.182. The number of likely N-dealkylation sites (N-methyl/N-ethyl adjacent to an activating group) is 2. The first-order valence-electron chi connectivity index (χ1n) is 7.17. The third-order valence-electron chi connectivity index (χ3n) is 4.05. The topological polar surface area (TPSA) is 39.3 Å². The van der Waals surface area contributed by atoms with Gasteiger partial charge in [-0.1, -0.05) is 6.92 Å². The average Bonchev–Trinajstić information content (AvgIpc) is 2.96. The smallest absolute Gasteiger partial charge is 0.227 e. The van der Waals surface area contributed by atoms with Gasteiger partial charge in [-0.25, -0.2) is 0 Å². The Labute approximate surface area is 129 Å². The summed E-state index contributed by atoms with van der Waals surface area (Å²) in [5.41, 5.74) is 1.03. The number of rotatable bonds is 5. The maximum Gasteiger partial charge on any atom is 0.227 e. The van der Waals surface area contributed by atoms with Crippen molar-refractivity contribution in [3.05, 3.63) is 14.5 Å². The second kappa shape index (κ2) is 6.83. The van der Waals surface area contributed by atoms with E-state index in [-0.39, 0.29) is 5.91 Å². The van der Waals surface area contributed by atoms with Crippen LogP contribution in [0.25, 0.3) is 0 Å². The summed E-state index contributed by atoms with van der Waals surface area (Å²) in [6.45, 7) is 7.24. The summed E-state index contributed by atoms with van der Waals surface area (Å²) in [7, 11) is 1.91. The van der Waals surface area contributed by atoms with Gasteiger partial charge in [-0.3, -0.25) is 9.69 Å². The Morgan fingerprint density at radius 3 is 2.95 bits per heavy atom. The Kier molecular flexibility index (Phi) is 5.35. The van der Waals surface area contributed by atoms with Crippen LogP contribution in [-0.4, -0.2) is 53.4 Å². The van der Waals surface area contributed by atoms with Crippen LogP contribution in [0.3, 0.4) is 0 Å². The van der Waals surface area contributed by atoms with Gasteiger partial charge >= 0.3 is 0 Å². The molecular formula is C14H23N3OS2. The zero-order valence-corrected chi connectivity index (χ0v) is 14.1. The molecule has 4 nitrogen and oxygen atoms in total. The molecule has 112 valence electrons. The lowest BCUT2D eigenvalue weighted by molar-refractivity contribution is -0.129. The van der Waals surface area contributed by atoms with Crippen LogP contribution in [-0.2, 0) is 11.2 Å². The molecule has 1 saturated heterocycles. The number of nitrogens with zero attached hydrogens (tertiary/aromatic N) is 2. The van der Waals surface area contributed by atoms with Gasteiger partial charge in [0.25, 0.3) is 0 Å². The van der Waals surface area contributed by atoms with E-state index >= 15 is 0 Å². The average molecular weight is 313 g/mol. The molecule has 0 bridgehead atoms. The lowest BCUT2D eigenvalue weighted by Gasteiger charge is -2.27. The number of amides is 1. The summed E-state index contributed by atoms with van der Waals surface area (Å²) < 4.78 is 0.751. The molecule has 2 rings (SSSR count). The molecule has 1 amide bonds. The molecule has 1 aromatic heterocycles. The van der Waals surface area contributed by atoms with E-state index in [4.69, 9.17) is 12.2 Å². The first-order chi connectivity index (χ1) is 9.51. The maximum atomic E-state index is 12.3. The van der Waals surface area contributed by atoms with E-state index in [1.165, 1.54) is 30.7 Å². The van der Waals surface area contributed by atoms with E-state index in [1.807, 2.05) is 18.9 Å². The first-order valence-corrected chi connectivity index (χ1v) is 8.40. The molecule has 1 aliphatic rings. The highest BCUT2D eigenvalue weighted by atomic mass is 32.1. The van der Waals surface area contributed by atoms with E-state index in [0.717, 1.165) is 27.6 Å². The Hall–Kier alpha value is -0.720.